The summed E-state index contributed by atoms with van der Waals surface area (Å²) < 4.78 is 30.5. The molecule has 4 rings (SSSR count). The summed E-state index contributed by atoms with van der Waals surface area (Å²) in [4.78, 5) is 16.3. The van der Waals surface area contributed by atoms with E-state index in [1.165, 1.54) is 19.3 Å². The number of aliphatic imine (C=N–C) groups is 1. The minimum absolute atomic E-state index is 0.0363. The lowest BCUT2D eigenvalue weighted by molar-refractivity contribution is 0.101. The van der Waals surface area contributed by atoms with Crippen molar-refractivity contribution in [2.24, 2.45) is 4.99 Å². The lowest BCUT2D eigenvalue weighted by Gasteiger charge is -2.16. The number of aromatic nitrogens is 3. The Hall–Kier alpha value is -2.93. The number of benzene rings is 2. The molecule has 1 aliphatic rings. The zero-order valence-electron chi connectivity index (χ0n) is 13.5. The number of nitrogens with zero attached hydrogens (tertiary/aromatic N) is 4. The van der Waals surface area contributed by atoms with Crippen LogP contribution in [-0.2, 0) is 6.54 Å². The molecule has 0 N–H and O–H groups in total. The molecule has 0 spiro atoms. The fraction of sp³-hybridized carbons (Fsp3) is 0.111. The summed E-state index contributed by atoms with van der Waals surface area (Å²) in [7, 11) is 0. The van der Waals surface area contributed by atoms with E-state index in [2.05, 4.69) is 15.2 Å². The molecule has 0 unspecified atom stereocenters. The van der Waals surface area contributed by atoms with Crippen LogP contribution < -0.4 is 0 Å². The molecule has 26 heavy (non-hydrogen) atoms. The largest absolute Gasteiger partial charge is 0.294 e. The minimum Gasteiger partial charge on any atom is -0.294 e. The Labute approximate surface area is 152 Å². The third-order valence-corrected chi connectivity index (χ3v) is 4.58. The summed E-state index contributed by atoms with van der Waals surface area (Å²) in [6, 6.07) is 6.77. The highest BCUT2D eigenvalue weighted by atomic mass is 35.5. The Bertz CT molecular complexity index is 1070. The molecule has 0 saturated carbocycles. The second-order valence-corrected chi connectivity index (χ2v) is 6.13. The second-order valence-electron chi connectivity index (χ2n) is 5.76. The number of Topliss-reactive ketones (excluding diaryl/α,β-unsaturated/α-hetero) is 1. The van der Waals surface area contributed by atoms with Gasteiger partial charge in [-0.05, 0) is 31.2 Å². The van der Waals surface area contributed by atoms with Crippen LogP contribution in [-0.4, -0.2) is 26.3 Å². The van der Waals surface area contributed by atoms with E-state index in [4.69, 9.17) is 11.6 Å². The number of hydrogen-bond acceptors (Lipinski definition) is 4. The zero-order valence-corrected chi connectivity index (χ0v) is 14.3. The number of halogens is 3. The summed E-state index contributed by atoms with van der Waals surface area (Å²) >= 11 is 6.48. The van der Waals surface area contributed by atoms with Crippen molar-refractivity contribution in [3.63, 3.8) is 0 Å². The Morgan fingerprint density at radius 3 is 2.58 bits per heavy atom. The van der Waals surface area contributed by atoms with Crippen LogP contribution >= 0.6 is 11.6 Å². The molecule has 0 radical (unpaired) electrons. The minimum atomic E-state index is -0.767. The molecule has 2 aromatic carbocycles. The van der Waals surface area contributed by atoms with E-state index in [9.17, 15) is 13.6 Å². The summed E-state index contributed by atoms with van der Waals surface area (Å²) in [5.41, 5.74) is 0.747. The monoisotopic (exact) mass is 372 g/mol. The van der Waals surface area contributed by atoms with Crippen molar-refractivity contribution >= 4 is 23.1 Å². The zero-order chi connectivity index (χ0) is 18.4. The number of hydrogen-bond donors (Lipinski definition) is 0. The average molecular weight is 373 g/mol. The van der Waals surface area contributed by atoms with Gasteiger partial charge in [-0.25, -0.2) is 8.78 Å². The molecule has 130 valence electrons. The molecule has 1 aromatic heterocycles. The van der Waals surface area contributed by atoms with Crippen molar-refractivity contribution in [3.05, 3.63) is 75.8 Å². The molecule has 0 bridgehead atoms. The van der Waals surface area contributed by atoms with E-state index in [0.717, 1.165) is 12.1 Å². The number of rotatable bonds is 2. The van der Waals surface area contributed by atoms with Crippen molar-refractivity contribution < 1.29 is 13.6 Å². The SMILES string of the molecule is CC(=O)c1ccc2c(c1Cl)C(c1c(F)cccc1F)=NCc1nncn1-2. The van der Waals surface area contributed by atoms with E-state index in [0.29, 0.717) is 11.5 Å². The fourth-order valence-corrected chi connectivity index (χ4v) is 3.37. The van der Waals surface area contributed by atoms with Crippen LogP contribution in [0, 0.1) is 11.6 Å². The van der Waals surface area contributed by atoms with Gasteiger partial charge in [0.15, 0.2) is 11.6 Å². The van der Waals surface area contributed by atoms with Crippen molar-refractivity contribution in [2.45, 2.75) is 13.5 Å². The van der Waals surface area contributed by atoms with E-state index < -0.39 is 11.6 Å². The maximum atomic E-state index is 14.4. The second kappa shape index (κ2) is 6.10. The normalized spacial score (nSPS) is 12.8. The lowest BCUT2D eigenvalue weighted by Crippen LogP contribution is -2.13. The third-order valence-electron chi connectivity index (χ3n) is 4.19. The quantitative estimate of drug-likeness (QED) is 0.644. The highest BCUT2D eigenvalue weighted by Gasteiger charge is 2.28. The van der Waals surface area contributed by atoms with Crippen LogP contribution in [0.1, 0.15) is 34.2 Å². The molecule has 2 heterocycles. The van der Waals surface area contributed by atoms with Crippen molar-refractivity contribution in [1.82, 2.24) is 14.8 Å². The van der Waals surface area contributed by atoms with Gasteiger partial charge in [-0.3, -0.25) is 14.4 Å². The molecule has 0 aliphatic carbocycles. The van der Waals surface area contributed by atoms with E-state index >= 15 is 0 Å². The van der Waals surface area contributed by atoms with Crippen molar-refractivity contribution in [2.75, 3.05) is 0 Å². The lowest BCUT2D eigenvalue weighted by atomic mass is 9.96. The molecular weight excluding hydrogens is 362 g/mol. The third kappa shape index (κ3) is 2.43. The first kappa shape index (κ1) is 16.5. The molecule has 8 heteroatoms. The first-order chi connectivity index (χ1) is 12.5. The van der Waals surface area contributed by atoms with Crippen LogP contribution in [0.4, 0.5) is 8.78 Å². The van der Waals surface area contributed by atoms with E-state index in [1.54, 1.807) is 16.7 Å². The molecule has 0 amide bonds. The van der Waals surface area contributed by atoms with E-state index in [-0.39, 0.29) is 39.8 Å². The molecule has 0 fully saturated rings. The smallest absolute Gasteiger partial charge is 0.161 e. The van der Waals surface area contributed by atoms with Gasteiger partial charge in [0.1, 0.15) is 24.5 Å². The molecule has 0 atom stereocenters. The number of fused-ring (bicyclic) bond motifs is 3. The first-order valence-electron chi connectivity index (χ1n) is 7.71. The molecule has 0 saturated heterocycles. The van der Waals surface area contributed by atoms with Gasteiger partial charge < -0.3 is 0 Å². The molecular formula is C18H11ClF2N4O. The predicted octanol–water partition coefficient (Wildman–Crippen LogP) is 3.75. The summed E-state index contributed by atoms with van der Waals surface area (Å²) in [5.74, 6) is -1.31. The summed E-state index contributed by atoms with van der Waals surface area (Å²) in [5, 5.41) is 7.92. The predicted molar refractivity (Wildman–Crippen MR) is 92.1 cm³/mol. The Balaban J connectivity index is 2.10. The van der Waals surface area contributed by atoms with Crippen molar-refractivity contribution in [1.29, 1.82) is 0 Å². The van der Waals surface area contributed by atoms with Crippen LogP contribution in [0.25, 0.3) is 5.69 Å². The first-order valence-corrected chi connectivity index (χ1v) is 8.08. The Morgan fingerprint density at radius 2 is 1.88 bits per heavy atom. The fourth-order valence-electron chi connectivity index (χ4n) is 2.99. The van der Waals surface area contributed by atoms with Crippen LogP contribution in [0.2, 0.25) is 5.02 Å². The van der Waals surface area contributed by atoms with Crippen LogP contribution in [0.5, 0.6) is 0 Å². The van der Waals surface area contributed by atoms with Crippen LogP contribution in [0.3, 0.4) is 0 Å². The highest BCUT2D eigenvalue weighted by molar-refractivity contribution is 6.39. The average Bonchev–Trinajstić information content (AvgIpc) is 3.00. The van der Waals surface area contributed by atoms with Gasteiger partial charge >= 0.3 is 0 Å². The number of carbonyl (C=O) groups is 1. The van der Waals surface area contributed by atoms with Crippen LogP contribution in [0.15, 0.2) is 41.7 Å². The van der Waals surface area contributed by atoms with Crippen molar-refractivity contribution in [3.8, 4) is 5.69 Å². The van der Waals surface area contributed by atoms with Gasteiger partial charge in [-0.15, -0.1) is 10.2 Å². The van der Waals surface area contributed by atoms with Gasteiger partial charge in [0.05, 0.1) is 22.0 Å². The van der Waals surface area contributed by atoms with E-state index in [1.807, 2.05) is 0 Å². The van der Waals surface area contributed by atoms with Gasteiger partial charge in [0.25, 0.3) is 0 Å². The summed E-state index contributed by atoms with van der Waals surface area (Å²) in [6.45, 7) is 1.43. The van der Waals surface area contributed by atoms with Gasteiger partial charge in [-0.1, -0.05) is 17.7 Å². The topological polar surface area (TPSA) is 60.1 Å². The molecule has 1 aliphatic heterocycles. The number of carbonyl (C=O) groups excluding carboxylic acids is 1. The van der Waals surface area contributed by atoms with Gasteiger partial charge in [0.2, 0.25) is 0 Å². The standard InChI is InChI=1S/C18H11ClF2N4O/c1-9(26)10-5-6-13-16(17(10)19)18(15-11(20)3-2-4-12(15)21)22-7-14-24-23-8-25(13)14/h2-6,8H,7H2,1H3. The maximum Gasteiger partial charge on any atom is 0.161 e. The van der Waals surface area contributed by atoms with Gasteiger partial charge in [0, 0.05) is 11.1 Å². The molecule has 3 aromatic rings. The number of ketones is 1. The highest BCUT2D eigenvalue weighted by Crippen LogP contribution is 2.34. The summed E-state index contributed by atoms with van der Waals surface area (Å²) in [6.07, 6.45) is 1.47. The Kier molecular flexibility index (Phi) is 3.88. The Morgan fingerprint density at radius 1 is 1.15 bits per heavy atom. The van der Waals surface area contributed by atoms with Gasteiger partial charge in [-0.2, -0.15) is 0 Å². The maximum absolute atomic E-state index is 14.4. The molecule has 5 nitrogen and oxygen atoms in total.